The molecule has 19 heavy (non-hydrogen) atoms. The van der Waals surface area contributed by atoms with Gasteiger partial charge in [-0.25, -0.2) is 0 Å². The number of hydrogen-bond donors (Lipinski definition) is 1. The molecule has 1 N–H and O–H groups in total. The molecule has 2 rings (SSSR count). The van der Waals surface area contributed by atoms with E-state index in [4.69, 9.17) is 0 Å². The molecule has 0 spiro atoms. The molecule has 0 aromatic heterocycles. The molecule has 1 unspecified atom stereocenters. The summed E-state index contributed by atoms with van der Waals surface area (Å²) in [4.78, 5) is 2.23. The van der Waals surface area contributed by atoms with Gasteiger partial charge in [0.05, 0.1) is 6.10 Å². The average molecular weight is 255 g/mol. The van der Waals surface area contributed by atoms with Gasteiger partial charge in [-0.1, -0.05) is 30.3 Å². The molecule has 0 aliphatic carbocycles. The van der Waals surface area contributed by atoms with E-state index >= 15 is 0 Å². The minimum absolute atomic E-state index is 0.463. The Morgan fingerprint density at radius 3 is 2.47 bits per heavy atom. The zero-order valence-electron chi connectivity index (χ0n) is 11.8. The van der Waals surface area contributed by atoms with Gasteiger partial charge in [-0.3, -0.25) is 0 Å². The number of hydrogen-bond acceptors (Lipinski definition) is 2. The molecule has 0 fully saturated rings. The molecule has 0 aliphatic heterocycles. The maximum Gasteiger partial charge on any atom is 0.0782 e. The third-order valence-electron chi connectivity index (χ3n) is 3.31. The Labute approximate surface area is 115 Å². The normalized spacial score (nSPS) is 12.2. The molecular weight excluding hydrogens is 234 g/mol. The quantitative estimate of drug-likeness (QED) is 0.884. The first-order chi connectivity index (χ1) is 9.13. The molecule has 0 radical (unpaired) electrons. The zero-order valence-corrected chi connectivity index (χ0v) is 11.8. The Hall–Kier alpha value is -1.80. The summed E-state index contributed by atoms with van der Waals surface area (Å²) in [6, 6.07) is 16.5. The SMILES string of the molecule is CCN(c1cccc(C)c1)c1ccccc1C(C)O. The van der Waals surface area contributed by atoms with Gasteiger partial charge in [0.15, 0.2) is 0 Å². The van der Waals surface area contributed by atoms with Crippen LogP contribution in [0.25, 0.3) is 0 Å². The summed E-state index contributed by atoms with van der Waals surface area (Å²) in [5.74, 6) is 0. The van der Waals surface area contributed by atoms with Gasteiger partial charge in [-0.2, -0.15) is 0 Å². The predicted octanol–water partition coefficient (Wildman–Crippen LogP) is 4.21. The highest BCUT2D eigenvalue weighted by Gasteiger charge is 2.14. The van der Waals surface area contributed by atoms with Crippen LogP contribution in [0.1, 0.15) is 31.1 Å². The van der Waals surface area contributed by atoms with Crippen molar-refractivity contribution in [2.24, 2.45) is 0 Å². The lowest BCUT2D eigenvalue weighted by Gasteiger charge is -2.27. The van der Waals surface area contributed by atoms with Crippen molar-refractivity contribution in [1.29, 1.82) is 0 Å². The van der Waals surface area contributed by atoms with Crippen molar-refractivity contribution < 1.29 is 5.11 Å². The molecule has 2 heteroatoms. The van der Waals surface area contributed by atoms with Crippen LogP contribution in [0.3, 0.4) is 0 Å². The van der Waals surface area contributed by atoms with Crippen LogP contribution in [0.2, 0.25) is 0 Å². The second-order valence-electron chi connectivity index (χ2n) is 4.82. The van der Waals surface area contributed by atoms with Crippen molar-refractivity contribution in [3.63, 3.8) is 0 Å². The summed E-state index contributed by atoms with van der Waals surface area (Å²) in [7, 11) is 0. The molecule has 100 valence electrons. The van der Waals surface area contributed by atoms with Gasteiger partial charge in [-0.05, 0) is 44.5 Å². The van der Waals surface area contributed by atoms with E-state index in [1.807, 2.05) is 25.1 Å². The second-order valence-corrected chi connectivity index (χ2v) is 4.82. The summed E-state index contributed by atoms with van der Waals surface area (Å²) in [5.41, 5.74) is 4.44. The summed E-state index contributed by atoms with van der Waals surface area (Å²) in [6.07, 6.45) is -0.463. The number of para-hydroxylation sites is 1. The molecule has 0 aliphatic rings. The fourth-order valence-electron chi connectivity index (χ4n) is 2.37. The Kier molecular flexibility index (Phi) is 4.23. The number of aliphatic hydroxyl groups excluding tert-OH is 1. The smallest absolute Gasteiger partial charge is 0.0782 e. The molecule has 2 aromatic carbocycles. The van der Waals surface area contributed by atoms with Gasteiger partial charge >= 0.3 is 0 Å². The molecule has 2 aromatic rings. The molecule has 1 atom stereocenters. The van der Waals surface area contributed by atoms with Crippen molar-refractivity contribution >= 4 is 11.4 Å². The molecule has 0 heterocycles. The monoisotopic (exact) mass is 255 g/mol. The van der Waals surface area contributed by atoms with Crippen LogP contribution in [-0.4, -0.2) is 11.7 Å². The van der Waals surface area contributed by atoms with Gasteiger partial charge in [0.25, 0.3) is 0 Å². The van der Waals surface area contributed by atoms with E-state index in [1.54, 1.807) is 0 Å². The number of anilines is 2. The first-order valence-electron chi connectivity index (χ1n) is 6.74. The predicted molar refractivity (Wildman–Crippen MR) is 80.9 cm³/mol. The largest absolute Gasteiger partial charge is 0.389 e. The van der Waals surface area contributed by atoms with E-state index in [2.05, 4.69) is 49.1 Å². The zero-order chi connectivity index (χ0) is 13.8. The van der Waals surface area contributed by atoms with Crippen molar-refractivity contribution in [2.75, 3.05) is 11.4 Å². The number of aliphatic hydroxyl groups is 1. The van der Waals surface area contributed by atoms with Crippen molar-refractivity contribution in [3.8, 4) is 0 Å². The summed E-state index contributed by atoms with van der Waals surface area (Å²) >= 11 is 0. The van der Waals surface area contributed by atoms with E-state index in [1.165, 1.54) is 5.56 Å². The molecule has 2 nitrogen and oxygen atoms in total. The van der Waals surface area contributed by atoms with Crippen LogP contribution in [0.4, 0.5) is 11.4 Å². The van der Waals surface area contributed by atoms with Gasteiger partial charge in [0, 0.05) is 23.5 Å². The lowest BCUT2D eigenvalue weighted by atomic mass is 10.1. The minimum Gasteiger partial charge on any atom is -0.389 e. The van der Waals surface area contributed by atoms with Crippen LogP contribution in [0, 0.1) is 6.92 Å². The van der Waals surface area contributed by atoms with Gasteiger partial charge < -0.3 is 10.0 Å². The molecule has 0 bridgehead atoms. The van der Waals surface area contributed by atoms with Crippen molar-refractivity contribution in [3.05, 3.63) is 59.7 Å². The van der Waals surface area contributed by atoms with E-state index in [0.29, 0.717) is 0 Å². The number of benzene rings is 2. The Bertz CT molecular complexity index is 548. The van der Waals surface area contributed by atoms with Crippen LogP contribution >= 0.6 is 0 Å². The Morgan fingerprint density at radius 1 is 1.11 bits per heavy atom. The fraction of sp³-hybridized carbons (Fsp3) is 0.294. The van der Waals surface area contributed by atoms with Gasteiger partial charge in [0.1, 0.15) is 0 Å². The second kappa shape index (κ2) is 5.89. The topological polar surface area (TPSA) is 23.5 Å². The van der Waals surface area contributed by atoms with E-state index in [9.17, 15) is 5.11 Å². The lowest BCUT2D eigenvalue weighted by molar-refractivity contribution is 0.200. The summed E-state index contributed by atoms with van der Waals surface area (Å²) < 4.78 is 0. The van der Waals surface area contributed by atoms with Gasteiger partial charge in [-0.15, -0.1) is 0 Å². The molecule has 0 saturated heterocycles. The maximum atomic E-state index is 9.92. The maximum absolute atomic E-state index is 9.92. The number of nitrogens with zero attached hydrogens (tertiary/aromatic N) is 1. The van der Waals surface area contributed by atoms with Crippen LogP contribution < -0.4 is 4.90 Å². The third-order valence-corrected chi connectivity index (χ3v) is 3.31. The first kappa shape index (κ1) is 13.6. The molecule has 0 saturated carbocycles. The van der Waals surface area contributed by atoms with E-state index < -0.39 is 6.10 Å². The Morgan fingerprint density at radius 2 is 1.84 bits per heavy atom. The van der Waals surface area contributed by atoms with E-state index in [-0.39, 0.29) is 0 Å². The number of rotatable bonds is 4. The van der Waals surface area contributed by atoms with Crippen LogP contribution in [0.5, 0.6) is 0 Å². The van der Waals surface area contributed by atoms with Gasteiger partial charge in [0.2, 0.25) is 0 Å². The minimum atomic E-state index is -0.463. The highest BCUT2D eigenvalue weighted by atomic mass is 16.3. The highest BCUT2D eigenvalue weighted by Crippen LogP contribution is 2.31. The first-order valence-corrected chi connectivity index (χ1v) is 6.74. The lowest BCUT2D eigenvalue weighted by Crippen LogP contribution is -2.18. The summed E-state index contributed by atoms with van der Waals surface area (Å²) in [5, 5.41) is 9.92. The summed E-state index contributed by atoms with van der Waals surface area (Å²) in [6.45, 7) is 6.90. The standard InChI is InChI=1S/C17H21NO/c1-4-18(15-9-7-8-13(2)12-15)17-11-6-5-10-16(17)14(3)19/h5-12,14,19H,4H2,1-3H3. The van der Waals surface area contributed by atoms with Crippen molar-refractivity contribution in [1.82, 2.24) is 0 Å². The van der Waals surface area contributed by atoms with Crippen molar-refractivity contribution in [2.45, 2.75) is 26.9 Å². The van der Waals surface area contributed by atoms with E-state index in [0.717, 1.165) is 23.5 Å². The average Bonchev–Trinajstić information content (AvgIpc) is 2.40. The Balaban J connectivity index is 2.48. The number of aryl methyl sites for hydroxylation is 1. The van der Waals surface area contributed by atoms with Crippen LogP contribution in [-0.2, 0) is 0 Å². The fourth-order valence-corrected chi connectivity index (χ4v) is 2.37. The molecular formula is C17H21NO. The highest BCUT2D eigenvalue weighted by molar-refractivity contribution is 5.67. The molecule has 0 amide bonds. The van der Waals surface area contributed by atoms with Crippen LogP contribution in [0.15, 0.2) is 48.5 Å². The third kappa shape index (κ3) is 2.96.